The van der Waals surface area contributed by atoms with Gasteiger partial charge < -0.3 is 4.90 Å². The fourth-order valence-corrected chi connectivity index (χ4v) is 4.05. The number of hydrogen-bond acceptors (Lipinski definition) is 5. The summed E-state index contributed by atoms with van der Waals surface area (Å²) in [6.45, 7) is 6.18. The molecule has 0 saturated carbocycles. The van der Waals surface area contributed by atoms with E-state index in [1.165, 1.54) is 22.5 Å². The van der Waals surface area contributed by atoms with E-state index in [9.17, 15) is 4.79 Å². The van der Waals surface area contributed by atoms with Gasteiger partial charge in [0.05, 0.1) is 11.1 Å². The first-order valence-corrected chi connectivity index (χ1v) is 10.5. The zero-order valence-electron chi connectivity index (χ0n) is 15.6. The van der Waals surface area contributed by atoms with Crippen molar-refractivity contribution in [1.82, 2.24) is 5.01 Å². The number of hydrogen-bond donors (Lipinski definition) is 0. The Hall–Kier alpha value is -2.15. The Labute approximate surface area is 179 Å². The monoisotopic (exact) mass is 429 g/mol. The molecule has 0 aromatic heterocycles. The van der Waals surface area contributed by atoms with Gasteiger partial charge in [-0.2, -0.15) is 10.1 Å². The van der Waals surface area contributed by atoms with E-state index in [1.807, 2.05) is 24.3 Å². The number of nitrogens with zero attached hydrogens (tertiary/aromatic N) is 3. The fourth-order valence-electron chi connectivity index (χ4n) is 2.75. The zero-order valence-corrected chi connectivity index (χ0v) is 18.0. The third-order valence-electron chi connectivity index (χ3n) is 4.29. The molecule has 2 aromatic rings. The highest BCUT2D eigenvalue weighted by atomic mass is 35.5. The average molecular weight is 430 g/mol. The Balaban J connectivity index is 1.72. The number of rotatable bonds is 6. The van der Waals surface area contributed by atoms with Gasteiger partial charge in [0.25, 0.3) is 5.91 Å². The Morgan fingerprint density at radius 3 is 2.29 bits per heavy atom. The molecule has 0 N–H and O–H groups in total. The van der Waals surface area contributed by atoms with Crippen molar-refractivity contribution in [3.05, 3.63) is 69.6 Å². The van der Waals surface area contributed by atoms with Gasteiger partial charge in [-0.15, -0.1) is 0 Å². The van der Waals surface area contributed by atoms with E-state index in [1.54, 1.807) is 24.4 Å². The summed E-state index contributed by atoms with van der Waals surface area (Å²) >= 11 is 12.5. The first-order valence-electron chi connectivity index (χ1n) is 8.94. The molecular weight excluding hydrogens is 410 g/mol. The van der Waals surface area contributed by atoms with Crippen LogP contribution in [0.25, 0.3) is 6.08 Å². The lowest BCUT2D eigenvalue weighted by Crippen LogP contribution is -2.22. The highest BCUT2D eigenvalue weighted by molar-refractivity contribution is 8.26. The standard InChI is InChI=1S/C21H20ClN3OS2/c1-3-24(4-2)18-11-7-16(8-12-18)14-23-25-20(26)19(28-21(25)27)13-15-5-9-17(22)10-6-15/h5-14H,3-4H2,1-2H3/b19-13+,23-14+. The molecule has 0 aliphatic carbocycles. The van der Waals surface area contributed by atoms with E-state index in [2.05, 4.69) is 36.0 Å². The van der Waals surface area contributed by atoms with Crippen LogP contribution in [0.2, 0.25) is 5.02 Å². The summed E-state index contributed by atoms with van der Waals surface area (Å²) in [6, 6.07) is 15.4. The van der Waals surface area contributed by atoms with Gasteiger partial charge in [-0.1, -0.05) is 47.6 Å². The van der Waals surface area contributed by atoms with Crippen molar-refractivity contribution in [3.63, 3.8) is 0 Å². The molecule has 144 valence electrons. The van der Waals surface area contributed by atoms with E-state index < -0.39 is 0 Å². The maximum absolute atomic E-state index is 12.6. The van der Waals surface area contributed by atoms with E-state index in [0.29, 0.717) is 14.2 Å². The lowest BCUT2D eigenvalue weighted by Gasteiger charge is -2.20. The van der Waals surface area contributed by atoms with Crippen molar-refractivity contribution in [2.45, 2.75) is 13.8 Å². The molecule has 1 amide bonds. The van der Waals surface area contributed by atoms with Gasteiger partial charge in [0.1, 0.15) is 0 Å². The van der Waals surface area contributed by atoms with Crippen LogP contribution >= 0.6 is 35.6 Å². The predicted octanol–water partition coefficient (Wildman–Crippen LogP) is 5.42. The Bertz CT molecular complexity index is 920. The quantitative estimate of drug-likeness (QED) is 0.349. The second-order valence-corrected chi connectivity index (χ2v) is 8.17. The minimum Gasteiger partial charge on any atom is -0.372 e. The van der Waals surface area contributed by atoms with Crippen LogP contribution < -0.4 is 4.90 Å². The van der Waals surface area contributed by atoms with Crippen LogP contribution in [0.15, 0.2) is 58.5 Å². The first-order chi connectivity index (χ1) is 13.5. The summed E-state index contributed by atoms with van der Waals surface area (Å²) in [4.78, 5) is 15.4. The second-order valence-electron chi connectivity index (χ2n) is 6.05. The lowest BCUT2D eigenvalue weighted by molar-refractivity contribution is -0.122. The van der Waals surface area contributed by atoms with Gasteiger partial charge in [-0.3, -0.25) is 4.79 Å². The van der Waals surface area contributed by atoms with Crippen LogP contribution in [-0.4, -0.2) is 34.5 Å². The molecule has 0 atom stereocenters. The molecule has 1 aliphatic heterocycles. The molecule has 7 heteroatoms. The third kappa shape index (κ3) is 4.82. The lowest BCUT2D eigenvalue weighted by atomic mass is 10.2. The molecule has 3 rings (SSSR count). The number of halogens is 1. The van der Waals surface area contributed by atoms with Crippen LogP contribution in [0.4, 0.5) is 5.69 Å². The number of hydrazone groups is 1. The van der Waals surface area contributed by atoms with Crippen LogP contribution in [0.3, 0.4) is 0 Å². The highest BCUT2D eigenvalue weighted by Crippen LogP contribution is 2.32. The molecular formula is C21H20ClN3OS2. The Morgan fingerprint density at radius 1 is 1.07 bits per heavy atom. The molecule has 2 aromatic carbocycles. The predicted molar refractivity (Wildman–Crippen MR) is 124 cm³/mol. The average Bonchev–Trinajstić information content (AvgIpc) is 2.97. The van der Waals surface area contributed by atoms with Crippen LogP contribution in [0.5, 0.6) is 0 Å². The second kappa shape index (κ2) is 9.37. The molecule has 1 aliphatic rings. The molecule has 0 bridgehead atoms. The number of benzene rings is 2. The van der Waals surface area contributed by atoms with Gasteiger partial charge in [0.2, 0.25) is 0 Å². The van der Waals surface area contributed by atoms with Crippen LogP contribution in [0.1, 0.15) is 25.0 Å². The summed E-state index contributed by atoms with van der Waals surface area (Å²) in [5.74, 6) is -0.221. The van der Waals surface area contributed by atoms with Crippen molar-refractivity contribution in [2.24, 2.45) is 5.10 Å². The number of thiocarbonyl (C=S) groups is 1. The molecule has 1 heterocycles. The topological polar surface area (TPSA) is 35.9 Å². The summed E-state index contributed by atoms with van der Waals surface area (Å²) in [5, 5.41) is 6.22. The smallest absolute Gasteiger partial charge is 0.286 e. The number of anilines is 1. The fraction of sp³-hybridized carbons (Fsp3) is 0.190. The molecule has 1 fully saturated rings. The molecule has 0 unspecified atom stereocenters. The summed E-state index contributed by atoms with van der Waals surface area (Å²) in [6.07, 6.45) is 3.45. The maximum atomic E-state index is 12.6. The molecule has 0 radical (unpaired) electrons. The normalized spacial score (nSPS) is 15.8. The van der Waals surface area contributed by atoms with Crippen LogP contribution in [0, 0.1) is 0 Å². The van der Waals surface area contributed by atoms with E-state index in [0.717, 1.165) is 24.2 Å². The summed E-state index contributed by atoms with van der Waals surface area (Å²) in [5.41, 5.74) is 2.96. The van der Waals surface area contributed by atoms with Crippen LogP contribution in [-0.2, 0) is 4.79 Å². The largest absolute Gasteiger partial charge is 0.372 e. The number of thioether (sulfide) groups is 1. The number of amides is 1. The SMILES string of the molecule is CCN(CC)c1ccc(/C=N/N2C(=O)/C(=C\c3ccc(Cl)cc3)SC2=S)cc1. The van der Waals surface area contributed by atoms with Crippen molar-refractivity contribution in [2.75, 3.05) is 18.0 Å². The summed E-state index contributed by atoms with van der Waals surface area (Å²) < 4.78 is 0.418. The maximum Gasteiger partial charge on any atom is 0.286 e. The number of carbonyl (C=O) groups is 1. The van der Waals surface area contributed by atoms with Crippen molar-refractivity contribution in [1.29, 1.82) is 0 Å². The summed E-state index contributed by atoms with van der Waals surface area (Å²) in [7, 11) is 0. The molecule has 1 saturated heterocycles. The minimum atomic E-state index is -0.221. The van der Waals surface area contributed by atoms with E-state index >= 15 is 0 Å². The van der Waals surface area contributed by atoms with Crippen molar-refractivity contribution >= 4 is 63.8 Å². The molecule has 4 nitrogen and oxygen atoms in total. The number of carbonyl (C=O) groups excluding carboxylic acids is 1. The molecule has 0 spiro atoms. The highest BCUT2D eigenvalue weighted by Gasteiger charge is 2.31. The van der Waals surface area contributed by atoms with Gasteiger partial charge in [-0.05, 0) is 67.5 Å². The van der Waals surface area contributed by atoms with E-state index in [-0.39, 0.29) is 5.91 Å². The third-order valence-corrected chi connectivity index (χ3v) is 5.82. The Morgan fingerprint density at radius 2 is 1.68 bits per heavy atom. The van der Waals surface area contributed by atoms with Crippen molar-refractivity contribution in [3.8, 4) is 0 Å². The van der Waals surface area contributed by atoms with E-state index in [4.69, 9.17) is 23.8 Å². The first kappa shape index (κ1) is 20.6. The van der Waals surface area contributed by atoms with Gasteiger partial charge >= 0.3 is 0 Å². The molecule has 28 heavy (non-hydrogen) atoms. The minimum absolute atomic E-state index is 0.221. The zero-order chi connectivity index (χ0) is 20.1. The van der Waals surface area contributed by atoms with Gasteiger partial charge in [0.15, 0.2) is 4.32 Å². The Kier molecular flexibility index (Phi) is 6.88. The van der Waals surface area contributed by atoms with Gasteiger partial charge in [0, 0.05) is 23.8 Å². The van der Waals surface area contributed by atoms with Gasteiger partial charge in [-0.25, -0.2) is 0 Å². The van der Waals surface area contributed by atoms with Crippen molar-refractivity contribution < 1.29 is 4.79 Å².